The number of carbonyl (C=O) groups is 2. The van der Waals surface area contributed by atoms with Gasteiger partial charge < -0.3 is 10.1 Å². The van der Waals surface area contributed by atoms with Crippen molar-refractivity contribution >= 4 is 52.5 Å². The Kier molecular flexibility index (Phi) is 7.62. The van der Waals surface area contributed by atoms with E-state index in [1.165, 1.54) is 13.0 Å². The van der Waals surface area contributed by atoms with E-state index in [9.17, 15) is 9.59 Å². The third-order valence-corrected chi connectivity index (χ3v) is 4.76. The number of nitrogens with one attached hydrogen (secondary N) is 1. The molecule has 4 nitrogen and oxygen atoms in total. The van der Waals surface area contributed by atoms with Crippen LogP contribution in [0.4, 0.5) is 5.69 Å². The number of thioether (sulfide) groups is 1. The van der Waals surface area contributed by atoms with Gasteiger partial charge >= 0.3 is 5.97 Å². The molecule has 0 unspecified atom stereocenters. The molecule has 0 fully saturated rings. The third-order valence-electron chi connectivity index (χ3n) is 3.18. The minimum atomic E-state index is -0.927. The summed E-state index contributed by atoms with van der Waals surface area (Å²) in [5.74, 6) is -0.311. The van der Waals surface area contributed by atoms with E-state index in [1.807, 2.05) is 30.3 Å². The molecule has 0 saturated heterocycles. The van der Waals surface area contributed by atoms with Crippen LogP contribution in [0, 0.1) is 0 Å². The van der Waals surface area contributed by atoms with Crippen LogP contribution in [0.5, 0.6) is 0 Å². The highest BCUT2D eigenvalue weighted by Gasteiger charge is 2.18. The normalized spacial score (nSPS) is 11.6. The number of ether oxygens (including phenoxy) is 1. The van der Waals surface area contributed by atoms with Crippen molar-refractivity contribution < 1.29 is 14.3 Å². The molecular formula is C18H17Cl2NO3S. The van der Waals surface area contributed by atoms with E-state index in [-0.39, 0.29) is 6.42 Å². The molecule has 0 bridgehead atoms. The van der Waals surface area contributed by atoms with E-state index in [4.69, 9.17) is 27.9 Å². The molecule has 132 valence electrons. The molecule has 7 heteroatoms. The van der Waals surface area contributed by atoms with Gasteiger partial charge in [0.2, 0.25) is 0 Å². The van der Waals surface area contributed by atoms with Crippen LogP contribution in [0.3, 0.4) is 0 Å². The first-order valence-corrected chi connectivity index (χ1v) is 9.33. The first-order chi connectivity index (χ1) is 12.0. The quantitative estimate of drug-likeness (QED) is 0.524. The van der Waals surface area contributed by atoms with Gasteiger partial charge in [0.1, 0.15) is 0 Å². The number of amides is 1. The van der Waals surface area contributed by atoms with Crippen molar-refractivity contribution in [1.29, 1.82) is 0 Å². The topological polar surface area (TPSA) is 55.4 Å². The summed E-state index contributed by atoms with van der Waals surface area (Å²) in [6.07, 6.45) is -0.709. The Morgan fingerprint density at radius 2 is 1.88 bits per heavy atom. The molecule has 1 atom stereocenters. The Hall–Kier alpha value is -1.69. The van der Waals surface area contributed by atoms with Crippen LogP contribution in [-0.4, -0.2) is 23.7 Å². The Labute approximate surface area is 160 Å². The summed E-state index contributed by atoms with van der Waals surface area (Å²) in [5, 5.41) is 3.40. The van der Waals surface area contributed by atoms with Crippen molar-refractivity contribution in [3.05, 3.63) is 58.6 Å². The van der Waals surface area contributed by atoms with Gasteiger partial charge in [-0.2, -0.15) is 0 Å². The monoisotopic (exact) mass is 397 g/mol. The number of hydrogen-bond acceptors (Lipinski definition) is 4. The maximum Gasteiger partial charge on any atom is 0.307 e. The molecule has 25 heavy (non-hydrogen) atoms. The SMILES string of the molecule is C[C@H](OC(=O)CCSc1ccccc1)C(=O)Nc1cc(Cl)ccc1Cl. The van der Waals surface area contributed by atoms with Gasteiger partial charge in [-0.1, -0.05) is 41.4 Å². The number of carbonyl (C=O) groups excluding carboxylic acids is 2. The van der Waals surface area contributed by atoms with Crippen molar-refractivity contribution in [2.75, 3.05) is 11.1 Å². The van der Waals surface area contributed by atoms with Crippen LogP contribution in [0.15, 0.2) is 53.4 Å². The van der Waals surface area contributed by atoms with E-state index in [2.05, 4.69) is 5.32 Å². The van der Waals surface area contributed by atoms with Crippen molar-refractivity contribution in [1.82, 2.24) is 0 Å². The number of halogens is 2. The fourth-order valence-corrected chi connectivity index (χ4v) is 3.10. The molecule has 0 aliphatic heterocycles. The fourth-order valence-electron chi connectivity index (χ4n) is 1.91. The van der Waals surface area contributed by atoms with E-state index < -0.39 is 18.0 Å². The lowest BCUT2D eigenvalue weighted by molar-refractivity contribution is -0.152. The summed E-state index contributed by atoms with van der Waals surface area (Å²) in [5.41, 5.74) is 0.377. The minimum Gasteiger partial charge on any atom is -0.453 e. The zero-order valence-corrected chi connectivity index (χ0v) is 15.8. The predicted molar refractivity (Wildman–Crippen MR) is 102 cm³/mol. The fraction of sp³-hybridized carbons (Fsp3) is 0.222. The lowest BCUT2D eigenvalue weighted by Crippen LogP contribution is -2.30. The van der Waals surface area contributed by atoms with Crippen molar-refractivity contribution in [3.63, 3.8) is 0 Å². The van der Waals surface area contributed by atoms with Crippen LogP contribution in [0.2, 0.25) is 10.0 Å². The van der Waals surface area contributed by atoms with Crippen molar-refractivity contribution in [2.45, 2.75) is 24.3 Å². The lowest BCUT2D eigenvalue weighted by atomic mass is 10.3. The van der Waals surface area contributed by atoms with Crippen molar-refractivity contribution in [3.8, 4) is 0 Å². The number of esters is 1. The number of rotatable bonds is 7. The Bertz CT molecular complexity index is 740. The standard InChI is InChI=1S/C18H17Cl2NO3S/c1-12(18(23)21-16-11-13(19)7-8-15(16)20)24-17(22)9-10-25-14-5-3-2-4-6-14/h2-8,11-12H,9-10H2,1H3,(H,21,23)/t12-/m0/s1. The summed E-state index contributed by atoms with van der Waals surface area (Å²) in [6, 6.07) is 14.5. The van der Waals surface area contributed by atoms with E-state index in [0.717, 1.165) is 4.90 Å². The smallest absolute Gasteiger partial charge is 0.307 e. The number of anilines is 1. The maximum absolute atomic E-state index is 12.1. The molecule has 0 aliphatic carbocycles. The van der Waals surface area contributed by atoms with Crippen LogP contribution < -0.4 is 5.32 Å². The Balaban J connectivity index is 1.78. The van der Waals surface area contributed by atoms with Gasteiger partial charge in [-0.25, -0.2) is 0 Å². The molecule has 2 aromatic rings. The minimum absolute atomic E-state index is 0.217. The zero-order chi connectivity index (χ0) is 18.2. The number of hydrogen-bond donors (Lipinski definition) is 1. The second kappa shape index (κ2) is 9.70. The van der Waals surface area contributed by atoms with Gasteiger partial charge in [0.25, 0.3) is 5.91 Å². The van der Waals surface area contributed by atoms with Crippen LogP contribution in [-0.2, 0) is 14.3 Å². The van der Waals surface area contributed by atoms with E-state index in [0.29, 0.717) is 21.5 Å². The first-order valence-electron chi connectivity index (χ1n) is 7.59. The summed E-state index contributed by atoms with van der Waals surface area (Å²) in [7, 11) is 0. The van der Waals surface area contributed by atoms with E-state index >= 15 is 0 Å². The maximum atomic E-state index is 12.1. The van der Waals surface area contributed by atoms with Crippen molar-refractivity contribution in [2.24, 2.45) is 0 Å². The number of benzene rings is 2. The average Bonchev–Trinajstić information content (AvgIpc) is 2.59. The largest absolute Gasteiger partial charge is 0.453 e. The summed E-state index contributed by atoms with van der Waals surface area (Å²) >= 11 is 13.4. The molecule has 0 aromatic heterocycles. The van der Waals surface area contributed by atoms with Crippen LogP contribution in [0.25, 0.3) is 0 Å². The second-order valence-electron chi connectivity index (χ2n) is 5.16. The molecule has 0 aliphatic rings. The molecule has 1 N–H and O–H groups in total. The molecule has 0 heterocycles. The van der Waals surface area contributed by atoms with Gasteiger partial charge in [0, 0.05) is 15.7 Å². The highest BCUT2D eigenvalue weighted by atomic mass is 35.5. The van der Waals surface area contributed by atoms with Gasteiger partial charge in [-0.05, 0) is 37.3 Å². The lowest BCUT2D eigenvalue weighted by Gasteiger charge is -2.14. The third kappa shape index (κ3) is 6.61. The summed E-state index contributed by atoms with van der Waals surface area (Å²) in [6.45, 7) is 1.51. The summed E-state index contributed by atoms with van der Waals surface area (Å²) in [4.78, 5) is 25.1. The molecule has 0 saturated carbocycles. The highest BCUT2D eigenvalue weighted by molar-refractivity contribution is 7.99. The second-order valence-corrected chi connectivity index (χ2v) is 7.17. The molecule has 0 radical (unpaired) electrons. The molecule has 0 spiro atoms. The van der Waals surface area contributed by atoms with Gasteiger partial charge in [0.15, 0.2) is 6.10 Å². The van der Waals surface area contributed by atoms with Crippen LogP contribution >= 0.6 is 35.0 Å². The van der Waals surface area contributed by atoms with Crippen LogP contribution in [0.1, 0.15) is 13.3 Å². The Morgan fingerprint density at radius 3 is 2.60 bits per heavy atom. The predicted octanol–water partition coefficient (Wildman–Crippen LogP) is 5.05. The van der Waals surface area contributed by atoms with Gasteiger partial charge in [-0.3, -0.25) is 9.59 Å². The zero-order valence-electron chi connectivity index (χ0n) is 13.5. The molecule has 2 aromatic carbocycles. The first kappa shape index (κ1) is 19.6. The molecule has 1 amide bonds. The summed E-state index contributed by atoms with van der Waals surface area (Å²) < 4.78 is 5.15. The van der Waals surface area contributed by atoms with Gasteiger partial charge in [-0.15, -0.1) is 11.8 Å². The Morgan fingerprint density at radius 1 is 1.16 bits per heavy atom. The molecule has 2 rings (SSSR count). The van der Waals surface area contributed by atoms with E-state index in [1.54, 1.807) is 23.9 Å². The average molecular weight is 398 g/mol. The highest BCUT2D eigenvalue weighted by Crippen LogP contribution is 2.25. The van der Waals surface area contributed by atoms with Gasteiger partial charge in [0.05, 0.1) is 17.1 Å². The molecular weight excluding hydrogens is 381 g/mol.